The summed E-state index contributed by atoms with van der Waals surface area (Å²) in [5.74, 6) is 0.148. The van der Waals surface area contributed by atoms with E-state index in [0.717, 1.165) is 32.1 Å². The molecular formula is C49H98O5. The van der Waals surface area contributed by atoms with E-state index in [2.05, 4.69) is 0 Å². The van der Waals surface area contributed by atoms with Crippen molar-refractivity contribution in [2.45, 2.75) is 263 Å². The number of aliphatic hydroxyl groups is 5. The van der Waals surface area contributed by atoms with Gasteiger partial charge in [0, 0.05) is 33.0 Å². The zero-order valence-electron chi connectivity index (χ0n) is 36.3. The molecule has 1 saturated carbocycles. The third-order valence-corrected chi connectivity index (χ3v) is 14.1. The van der Waals surface area contributed by atoms with E-state index in [9.17, 15) is 25.5 Å². The zero-order chi connectivity index (χ0) is 39.1. The first-order valence-electron chi connectivity index (χ1n) is 24.7. The van der Waals surface area contributed by atoms with Crippen molar-refractivity contribution in [3.63, 3.8) is 0 Å². The van der Waals surface area contributed by atoms with Gasteiger partial charge in [-0.3, -0.25) is 0 Å². The molecule has 1 aliphatic rings. The van der Waals surface area contributed by atoms with Crippen LogP contribution >= 0.6 is 0 Å². The van der Waals surface area contributed by atoms with Crippen LogP contribution in [-0.4, -0.2) is 58.6 Å². The molecular weight excluding hydrogens is 669 g/mol. The average Bonchev–Trinajstić information content (AvgIpc) is 3.17. The van der Waals surface area contributed by atoms with Crippen LogP contribution in [0, 0.1) is 16.7 Å². The van der Waals surface area contributed by atoms with Crippen LogP contribution in [0.1, 0.15) is 263 Å². The maximum absolute atomic E-state index is 10.5. The van der Waals surface area contributed by atoms with E-state index in [-0.39, 0.29) is 44.4 Å². The molecule has 1 aliphatic carbocycles. The molecule has 5 nitrogen and oxygen atoms in total. The van der Waals surface area contributed by atoms with E-state index in [1.165, 1.54) is 199 Å². The molecule has 1 unspecified atom stereocenters. The Morgan fingerprint density at radius 2 is 0.519 bits per heavy atom. The second kappa shape index (κ2) is 38.3. The van der Waals surface area contributed by atoms with Crippen molar-refractivity contribution in [1.29, 1.82) is 0 Å². The predicted octanol–water partition coefficient (Wildman–Crippen LogP) is 13.5. The van der Waals surface area contributed by atoms with Crippen LogP contribution < -0.4 is 0 Å². The molecule has 5 heteroatoms. The average molecular weight is 767 g/mol. The largest absolute Gasteiger partial charge is 0.396 e. The molecule has 0 bridgehead atoms. The van der Waals surface area contributed by atoms with Crippen molar-refractivity contribution >= 4 is 0 Å². The second-order valence-corrected chi connectivity index (χ2v) is 18.1. The molecule has 324 valence electrons. The third kappa shape index (κ3) is 24.5. The fourth-order valence-corrected chi connectivity index (χ4v) is 10.8. The molecule has 0 aromatic carbocycles. The highest BCUT2D eigenvalue weighted by atomic mass is 16.3. The number of aliphatic hydroxyl groups excluding tert-OH is 5. The molecule has 1 fully saturated rings. The molecule has 0 aromatic rings. The highest BCUT2D eigenvalue weighted by Crippen LogP contribution is 2.59. The fourth-order valence-electron chi connectivity index (χ4n) is 10.8. The maximum atomic E-state index is 10.5. The Balaban J connectivity index is 2.76. The molecule has 0 aromatic heterocycles. The summed E-state index contributed by atoms with van der Waals surface area (Å²) in [4.78, 5) is 0. The second-order valence-electron chi connectivity index (χ2n) is 18.1. The van der Waals surface area contributed by atoms with Gasteiger partial charge in [0.05, 0.1) is 0 Å². The molecule has 54 heavy (non-hydrogen) atoms. The first-order valence-corrected chi connectivity index (χ1v) is 24.7. The molecule has 0 amide bonds. The van der Waals surface area contributed by atoms with Crippen molar-refractivity contribution in [2.75, 3.05) is 33.0 Å². The lowest BCUT2D eigenvalue weighted by atomic mass is 9.49. The molecule has 5 N–H and O–H groups in total. The minimum Gasteiger partial charge on any atom is -0.396 e. The van der Waals surface area contributed by atoms with Gasteiger partial charge in [-0.1, -0.05) is 218 Å². The third-order valence-electron chi connectivity index (χ3n) is 14.1. The molecule has 1 atom stereocenters. The first-order chi connectivity index (χ1) is 26.7. The lowest BCUT2D eigenvalue weighted by Crippen LogP contribution is -2.50. The highest BCUT2D eigenvalue weighted by Gasteiger charge is 2.52. The summed E-state index contributed by atoms with van der Waals surface area (Å²) >= 11 is 0. The Hall–Kier alpha value is -0.200. The van der Waals surface area contributed by atoms with Gasteiger partial charge in [-0.2, -0.15) is 0 Å². The first kappa shape index (κ1) is 51.8. The minimum atomic E-state index is -0.418. The summed E-state index contributed by atoms with van der Waals surface area (Å²) in [7, 11) is 0. The van der Waals surface area contributed by atoms with Gasteiger partial charge in [0.15, 0.2) is 0 Å². The van der Waals surface area contributed by atoms with Crippen LogP contribution in [-0.2, 0) is 0 Å². The van der Waals surface area contributed by atoms with Gasteiger partial charge in [0.2, 0.25) is 0 Å². The van der Waals surface area contributed by atoms with E-state index in [0.29, 0.717) is 32.1 Å². The molecule has 0 spiro atoms. The highest BCUT2D eigenvalue weighted by molar-refractivity contribution is 5.02. The van der Waals surface area contributed by atoms with E-state index in [1.807, 2.05) is 0 Å². The van der Waals surface area contributed by atoms with Crippen LogP contribution in [0.2, 0.25) is 0 Å². The zero-order valence-corrected chi connectivity index (χ0v) is 36.3. The van der Waals surface area contributed by atoms with E-state index in [4.69, 9.17) is 0 Å². The molecule has 0 heterocycles. The van der Waals surface area contributed by atoms with Gasteiger partial charge in [-0.05, 0) is 61.7 Å². The number of rotatable bonds is 10. The SMILES string of the molecule is OCCC1CCCCCCCCCCCCCCCCCCCCCCCCCCCCCCCCCCCCC(CCO)(CCO)C1(CCO)CCO. The lowest BCUT2D eigenvalue weighted by molar-refractivity contribution is -0.100. The molecule has 0 radical (unpaired) electrons. The van der Waals surface area contributed by atoms with Gasteiger partial charge in [-0.15, -0.1) is 0 Å². The Bertz CT molecular complexity index is 732. The van der Waals surface area contributed by atoms with Crippen LogP contribution in [0.5, 0.6) is 0 Å². The molecule has 0 aliphatic heterocycles. The van der Waals surface area contributed by atoms with E-state index >= 15 is 0 Å². The summed E-state index contributed by atoms with van der Waals surface area (Å²) in [6, 6.07) is 0. The maximum Gasteiger partial charge on any atom is 0.0436 e. The smallest absolute Gasteiger partial charge is 0.0436 e. The van der Waals surface area contributed by atoms with Gasteiger partial charge in [0.25, 0.3) is 0 Å². The van der Waals surface area contributed by atoms with Crippen molar-refractivity contribution in [3.05, 3.63) is 0 Å². The van der Waals surface area contributed by atoms with Crippen LogP contribution in [0.25, 0.3) is 0 Å². The normalized spacial score (nSPS) is 24.1. The van der Waals surface area contributed by atoms with Gasteiger partial charge in [0.1, 0.15) is 0 Å². The molecule has 1 rings (SSSR count). The van der Waals surface area contributed by atoms with Crippen LogP contribution in [0.15, 0.2) is 0 Å². The molecule has 0 saturated heterocycles. The number of hydrogen-bond donors (Lipinski definition) is 5. The Morgan fingerprint density at radius 3 is 0.759 bits per heavy atom. The van der Waals surface area contributed by atoms with Crippen molar-refractivity contribution in [1.82, 2.24) is 0 Å². The summed E-state index contributed by atoms with van der Waals surface area (Å²) in [6.45, 7) is 0.244. The topological polar surface area (TPSA) is 101 Å². The van der Waals surface area contributed by atoms with Crippen molar-refractivity contribution in [3.8, 4) is 0 Å². The summed E-state index contributed by atoms with van der Waals surface area (Å²) < 4.78 is 0. The van der Waals surface area contributed by atoms with Crippen LogP contribution in [0.4, 0.5) is 0 Å². The van der Waals surface area contributed by atoms with Gasteiger partial charge in [-0.25, -0.2) is 0 Å². The van der Waals surface area contributed by atoms with E-state index in [1.54, 1.807) is 0 Å². The Labute approximate surface area is 337 Å². The van der Waals surface area contributed by atoms with E-state index < -0.39 is 5.41 Å². The summed E-state index contributed by atoms with van der Waals surface area (Å²) in [5.41, 5.74) is -0.784. The minimum absolute atomic E-state index is 0.0283. The standard InChI is InChI=1S/C49H98O5/c50-42-36-47-35-33-31-29-27-25-23-21-19-17-15-13-11-9-7-5-3-1-2-4-6-8-10-12-14-16-18-20-22-24-26-28-30-32-34-37-48(38-43-51,39-44-52)49(47,40-45-53)41-46-54/h47,50-54H,1-46H2. The Morgan fingerprint density at radius 1 is 0.278 bits per heavy atom. The van der Waals surface area contributed by atoms with Gasteiger partial charge >= 0.3 is 0 Å². The number of hydrogen-bond acceptors (Lipinski definition) is 5. The monoisotopic (exact) mass is 767 g/mol. The predicted molar refractivity (Wildman–Crippen MR) is 233 cm³/mol. The van der Waals surface area contributed by atoms with Crippen molar-refractivity contribution in [2.24, 2.45) is 16.7 Å². The van der Waals surface area contributed by atoms with Crippen LogP contribution in [0.3, 0.4) is 0 Å². The quantitative estimate of drug-likeness (QED) is 0.152. The van der Waals surface area contributed by atoms with Crippen molar-refractivity contribution < 1.29 is 25.5 Å². The summed E-state index contributed by atoms with van der Waals surface area (Å²) in [5, 5.41) is 52.2. The fraction of sp³-hybridized carbons (Fsp3) is 1.00. The Kier molecular flexibility index (Phi) is 36.8. The summed E-state index contributed by atoms with van der Waals surface area (Å²) in [6.07, 6.45) is 51.0. The van der Waals surface area contributed by atoms with Gasteiger partial charge < -0.3 is 25.5 Å². The lowest BCUT2D eigenvalue weighted by Gasteiger charge is -2.56.